The first-order chi connectivity index (χ1) is 6.94. The van der Waals surface area contributed by atoms with E-state index >= 15 is 0 Å². The third-order valence-corrected chi connectivity index (χ3v) is 2.33. The largest absolute Gasteiger partial charge is 0.408 e. The van der Waals surface area contributed by atoms with Gasteiger partial charge in [-0.1, -0.05) is 0 Å². The average molecular weight is 287 g/mol. The lowest BCUT2D eigenvalue weighted by atomic mass is 10.4. The first-order valence-corrected chi connectivity index (χ1v) is 5.08. The highest BCUT2D eigenvalue weighted by Gasteiger charge is 2.29. The molecule has 1 heterocycles. The van der Waals surface area contributed by atoms with E-state index in [4.69, 9.17) is 4.74 Å². The van der Waals surface area contributed by atoms with Crippen LogP contribution >= 0.6 is 15.9 Å². The van der Waals surface area contributed by atoms with Crippen molar-refractivity contribution in [2.75, 3.05) is 6.61 Å². The van der Waals surface area contributed by atoms with E-state index in [1.54, 1.807) is 6.92 Å². The molecule has 0 aliphatic heterocycles. The van der Waals surface area contributed by atoms with Crippen LogP contribution in [0.25, 0.3) is 0 Å². The first-order valence-electron chi connectivity index (χ1n) is 4.28. The van der Waals surface area contributed by atoms with Gasteiger partial charge in [-0.25, -0.2) is 0 Å². The molecule has 0 saturated heterocycles. The molecule has 0 N–H and O–H groups in total. The minimum Gasteiger partial charge on any atom is -0.375 e. The number of ether oxygens (including phenoxy) is 1. The zero-order valence-corrected chi connectivity index (χ0v) is 9.60. The molecule has 3 nitrogen and oxygen atoms in total. The SMILES string of the molecule is CCOCc1c(Br)cnn1CC(F)(F)F. The molecule has 0 unspecified atom stereocenters. The monoisotopic (exact) mass is 286 g/mol. The van der Waals surface area contributed by atoms with Crippen LogP contribution < -0.4 is 0 Å². The van der Waals surface area contributed by atoms with Crippen LogP contribution in [0, 0.1) is 0 Å². The van der Waals surface area contributed by atoms with E-state index in [1.165, 1.54) is 6.20 Å². The molecule has 0 radical (unpaired) electrons. The maximum Gasteiger partial charge on any atom is 0.408 e. The molecule has 0 amide bonds. The van der Waals surface area contributed by atoms with Crippen molar-refractivity contribution < 1.29 is 17.9 Å². The maximum absolute atomic E-state index is 12.1. The summed E-state index contributed by atoms with van der Waals surface area (Å²) >= 11 is 3.12. The number of hydrogen-bond acceptors (Lipinski definition) is 2. The van der Waals surface area contributed by atoms with Gasteiger partial charge in [0.15, 0.2) is 0 Å². The predicted molar refractivity (Wildman–Crippen MR) is 51.3 cm³/mol. The summed E-state index contributed by atoms with van der Waals surface area (Å²) in [5, 5.41) is 3.62. The van der Waals surface area contributed by atoms with E-state index in [1.807, 2.05) is 0 Å². The molecule has 0 spiro atoms. The summed E-state index contributed by atoms with van der Waals surface area (Å²) in [7, 11) is 0. The standard InChI is InChI=1S/C8H10BrF3N2O/c1-2-15-4-7-6(9)3-13-14(7)5-8(10,11)12/h3H,2,4-5H2,1H3. The first kappa shape index (κ1) is 12.5. The molecule has 0 fully saturated rings. The Kier molecular flexibility index (Phi) is 4.15. The number of rotatable bonds is 4. The van der Waals surface area contributed by atoms with Crippen LogP contribution in [0.15, 0.2) is 10.7 Å². The average Bonchev–Trinajstić information content (AvgIpc) is 2.42. The Morgan fingerprint density at radius 1 is 1.53 bits per heavy atom. The summed E-state index contributed by atoms with van der Waals surface area (Å²) in [6.45, 7) is 1.25. The molecule has 0 aliphatic carbocycles. The Balaban J connectivity index is 2.79. The molecular weight excluding hydrogens is 277 g/mol. The molecular formula is C8H10BrF3N2O. The van der Waals surface area contributed by atoms with Gasteiger partial charge in [-0.3, -0.25) is 4.68 Å². The minimum absolute atomic E-state index is 0.118. The van der Waals surface area contributed by atoms with Gasteiger partial charge in [0.2, 0.25) is 0 Å². The second-order valence-corrected chi connectivity index (χ2v) is 3.70. The van der Waals surface area contributed by atoms with Gasteiger partial charge in [0, 0.05) is 6.61 Å². The molecule has 1 aromatic heterocycles. The van der Waals surface area contributed by atoms with E-state index in [-0.39, 0.29) is 6.61 Å². The summed E-state index contributed by atoms with van der Waals surface area (Å²) in [5.41, 5.74) is 0.397. The number of alkyl halides is 3. The molecule has 0 saturated carbocycles. The minimum atomic E-state index is -4.27. The Hall–Kier alpha value is -0.560. The molecule has 15 heavy (non-hydrogen) atoms. The van der Waals surface area contributed by atoms with Gasteiger partial charge < -0.3 is 4.74 Å². The molecule has 0 bridgehead atoms. The van der Waals surface area contributed by atoms with Crippen LogP contribution in [0.2, 0.25) is 0 Å². The fourth-order valence-corrected chi connectivity index (χ4v) is 1.45. The molecule has 0 atom stereocenters. The van der Waals surface area contributed by atoms with E-state index in [2.05, 4.69) is 21.0 Å². The van der Waals surface area contributed by atoms with E-state index < -0.39 is 12.7 Å². The van der Waals surface area contributed by atoms with Gasteiger partial charge in [-0.05, 0) is 22.9 Å². The Bertz CT molecular complexity index is 324. The molecule has 0 aliphatic rings. The van der Waals surface area contributed by atoms with Crippen molar-refractivity contribution in [2.45, 2.75) is 26.3 Å². The van der Waals surface area contributed by atoms with Gasteiger partial charge in [0.1, 0.15) is 6.54 Å². The van der Waals surface area contributed by atoms with Gasteiger partial charge in [-0.2, -0.15) is 18.3 Å². The van der Waals surface area contributed by atoms with Crippen molar-refractivity contribution in [3.63, 3.8) is 0 Å². The molecule has 86 valence electrons. The van der Waals surface area contributed by atoms with Crippen LogP contribution in [-0.4, -0.2) is 22.6 Å². The lowest BCUT2D eigenvalue weighted by Crippen LogP contribution is -2.20. The fourth-order valence-electron chi connectivity index (χ4n) is 1.04. The van der Waals surface area contributed by atoms with Crippen LogP contribution in [0.4, 0.5) is 13.2 Å². The quantitative estimate of drug-likeness (QED) is 0.851. The van der Waals surface area contributed by atoms with Crippen molar-refractivity contribution >= 4 is 15.9 Å². The predicted octanol–water partition coefficient (Wildman–Crippen LogP) is 2.74. The third kappa shape index (κ3) is 3.83. The lowest BCUT2D eigenvalue weighted by molar-refractivity contribution is -0.143. The van der Waals surface area contributed by atoms with Crippen LogP contribution in [0.5, 0.6) is 0 Å². The molecule has 0 aromatic carbocycles. The normalized spacial score (nSPS) is 12.1. The smallest absolute Gasteiger partial charge is 0.375 e. The van der Waals surface area contributed by atoms with Gasteiger partial charge >= 0.3 is 6.18 Å². The van der Waals surface area contributed by atoms with Crippen molar-refractivity contribution in [1.82, 2.24) is 9.78 Å². The van der Waals surface area contributed by atoms with Crippen LogP contribution in [-0.2, 0) is 17.9 Å². The van der Waals surface area contributed by atoms with E-state index in [0.717, 1.165) is 4.68 Å². The van der Waals surface area contributed by atoms with Crippen molar-refractivity contribution in [3.8, 4) is 0 Å². The zero-order chi connectivity index (χ0) is 11.5. The van der Waals surface area contributed by atoms with E-state index in [0.29, 0.717) is 16.8 Å². The summed E-state index contributed by atoms with van der Waals surface area (Å²) < 4.78 is 42.9. The van der Waals surface area contributed by atoms with Crippen LogP contribution in [0.1, 0.15) is 12.6 Å². The highest BCUT2D eigenvalue weighted by Crippen LogP contribution is 2.22. The van der Waals surface area contributed by atoms with Crippen molar-refractivity contribution in [1.29, 1.82) is 0 Å². The zero-order valence-electron chi connectivity index (χ0n) is 8.01. The number of aromatic nitrogens is 2. The Morgan fingerprint density at radius 2 is 2.20 bits per heavy atom. The Labute approximate surface area is 93.3 Å². The van der Waals surface area contributed by atoms with Gasteiger partial charge in [-0.15, -0.1) is 0 Å². The van der Waals surface area contributed by atoms with Gasteiger partial charge in [0.05, 0.1) is 23.0 Å². The lowest BCUT2D eigenvalue weighted by Gasteiger charge is -2.10. The second kappa shape index (κ2) is 4.98. The van der Waals surface area contributed by atoms with Crippen molar-refractivity contribution in [2.24, 2.45) is 0 Å². The topological polar surface area (TPSA) is 27.1 Å². The Morgan fingerprint density at radius 3 is 2.73 bits per heavy atom. The number of nitrogens with zero attached hydrogens (tertiary/aromatic N) is 2. The number of hydrogen-bond donors (Lipinski definition) is 0. The highest BCUT2D eigenvalue weighted by molar-refractivity contribution is 9.10. The third-order valence-electron chi connectivity index (χ3n) is 1.67. The van der Waals surface area contributed by atoms with E-state index in [9.17, 15) is 13.2 Å². The second-order valence-electron chi connectivity index (χ2n) is 2.85. The summed E-state index contributed by atoms with van der Waals surface area (Å²) in [4.78, 5) is 0. The summed E-state index contributed by atoms with van der Waals surface area (Å²) in [6.07, 6.45) is -2.94. The number of halogens is 4. The summed E-state index contributed by atoms with van der Waals surface area (Å²) in [6, 6.07) is 0. The van der Waals surface area contributed by atoms with Crippen LogP contribution in [0.3, 0.4) is 0 Å². The molecule has 1 rings (SSSR count). The maximum atomic E-state index is 12.1. The summed E-state index contributed by atoms with van der Waals surface area (Å²) in [5.74, 6) is 0. The highest BCUT2D eigenvalue weighted by atomic mass is 79.9. The molecule has 1 aromatic rings. The molecule has 7 heteroatoms. The van der Waals surface area contributed by atoms with Gasteiger partial charge in [0.25, 0.3) is 0 Å². The fraction of sp³-hybridized carbons (Fsp3) is 0.625. The van der Waals surface area contributed by atoms with Crippen molar-refractivity contribution in [3.05, 3.63) is 16.4 Å².